The van der Waals surface area contributed by atoms with E-state index in [0.29, 0.717) is 37.8 Å². The summed E-state index contributed by atoms with van der Waals surface area (Å²) in [5, 5.41) is 9.06. The minimum Gasteiger partial charge on any atom is -0.481 e. The van der Waals surface area contributed by atoms with Gasteiger partial charge in [-0.15, -0.1) is 0 Å². The van der Waals surface area contributed by atoms with Gasteiger partial charge in [-0.25, -0.2) is 4.98 Å². The van der Waals surface area contributed by atoms with E-state index in [1.165, 1.54) is 0 Å². The van der Waals surface area contributed by atoms with Crippen molar-refractivity contribution in [2.45, 2.75) is 32.7 Å². The molecular formula is C13H19N3O3. The monoisotopic (exact) mass is 265 g/mol. The first-order valence-electron chi connectivity index (χ1n) is 6.57. The Labute approximate surface area is 112 Å². The third kappa shape index (κ3) is 3.13. The predicted octanol–water partition coefficient (Wildman–Crippen LogP) is 1.56. The minimum absolute atomic E-state index is 0.117. The Hall–Kier alpha value is -1.85. The standard InChI is InChI=1S/C13H19N3O3/c1-3-19-11-4-6-14-13(15-11)16-7-5-10(12(17)18)8-9(16)2/h4,6,9-10H,3,5,7-8H2,1-2H3,(H,17,18). The fourth-order valence-corrected chi connectivity index (χ4v) is 2.39. The highest BCUT2D eigenvalue weighted by atomic mass is 16.5. The molecule has 2 atom stereocenters. The SMILES string of the molecule is CCOc1ccnc(N2CCC(C(=O)O)CC2C)n1. The van der Waals surface area contributed by atoms with Gasteiger partial charge >= 0.3 is 5.97 Å². The van der Waals surface area contributed by atoms with Crippen molar-refractivity contribution in [1.82, 2.24) is 9.97 Å². The molecule has 1 aromatic heterocycles. The van der Waals surface area contributed by atoms with Crippen LogP contribution in [-0.2, 0) is 4.79 Å². The highest BCUT2D eigenvalue weighted by Gasteiger charge is 2.30. The molecule has 6 nitrogen and oxygen atoms in total. The van der Waals surface area contributed by atoms with Crippen LogP contribution in [-0.4, -0.2) is 40.2 Å². The molecule has 1 aliphatic heterocycles. The molecule has 2 heterocycles. The molecule has 0 aromatic carbocycles. The first-order valence-corrected chi connectivity index (χ1v) is 6.57. The smallest absolute Gasteiger partial charge is 0.306 e. The van der Waals surface area contributed by atoms with E-state index in [0.717, 1.165) is 0 Å². The number of hydrogen-bond donors (Lipinski definition) is 1. The predicted molar refractivity (Wildman–Crippen MR) is 70.4 cm³/mol. The van der Waals surface area contributed by atoms with Crippen LogP contribution in [0.15, 0.2) is 12.3 Å². The zero-order valence-electron chi connectivity index (χ0n) is 11.2. The molecule has 6 heteroatoms. The first-order chi connectivity index (χ1) is 9.11. The lowest BCUT2D eigenvalue weighted by Gasteiger charge is -2.36. The van der Waals surface area contributed by atoms with Crippen LogP contribution in [0.1, 0.15) is 26.7 Å². The maximum absolute atomic E-state index is 11.0. The molecule has 1 aliphatic rings. The van der Waals surface area contributed by atoms with Gasteiger partial charge in [0.05, 0.1) is 12.5 Å². The highest BCUT2D eigenvalue weighted by molar-refractivity contribution is 5.70. The van der Waals surface area contributed by atoms with Crippen molar-refractivity contribution in [1.29, 1.82) is 0 Å². The number of aromatic nitrogens is 2. The van der Waals surface area contributed by atoms with Crippen molar-refractivity contribution in [2.75, 3.05) is 18.1 Å². The van der Waals surface area contributed by atoms with Crippen molar-refractivity contribution in [2.24, 2.45) is 5.92 Å². The van der Waals surface area contributed by atoms with Crippen LogP contribution in [0.25, 0.3) is 0 Å². The number of aliphatic carboxylic acids is 1. The molecule has 0 spiro atoms. The molecule has 19 heavy (non-hydrogen) atoms. The van der Waals surface area contributed by atoms with E-state index in [9.17, 15) is 4.79 Å². The van der Waals surface area contributed by atoms with Gasteiger partial charge in [-0.3, -0.25) is 4.79 Å². The maximum Gasteiger partial charge on any atom is 0.306 e. The molecule has 2 rings (SSSR count). The summed E-state index contributed by atoms with van der Waals surface area (Å²) < 4.78 is 5.36. The summed E-state index contributed by atoms with van der Waals surface area (Å²) in [6, 6.07) is 1.84. The van der Waals surface area contributed by atoms with Crippen LogP contribution >= 0.6 is 0 Å². The van der Waals surface area contributed by atoms with E-state index in [2.05, 4.69) is 9.97 Å². The van der Waals surface area contributed by atoms with Gasteiger partial charge in [-0.05, 0) is 26.7 Å². The molecule has 104 valence electrons. The summed E-state index contributed by atoms with van der Waals surface area (Å²) in [5.74, 6) is 0.194. The zero-order chi connectivity index (χ0) is 13.8. The second kappa shape index (κ2) is 5.86. The average Bonchev–Trinajstić information content (AvgIpc) is 2.39. The Morgan fingerprint density at radius 2 is 2.42 bits per heavy atom. The molecule has 0 amide bonds. The third-order valence-corrected chi connectivity index (χ3v) is 3.39. The van der Waals surface area contributed by atoms with Crippen molar-refractivity contribution in [3.8, 4) is 5.88 Å². The van der Waals surface area contributed by atoms with E-state index in [4.69, 9.17) is 9.84 Å². The summed E-state index contributed by atoms with van der Waals surface area (Å²) in [5.41, 5.74) is 0. The van der Waals surface area contributed by atoms with Gasteiger partial charge in [0, 0.05) is 24.8 Å². The Morgan fingerprint density at radius 3 is 3.05 bits per heavy atom. The molecule has 1 N–H and O–H groups in total. The number of ether oxygens (including phenoxy) is 1. The quantitative estimate of drug-likeness (QED) is 0.890. The summed E-state index contributed by atoms with van der Waals surface area (Å²) >= 11 is 0. The number of nitrogens with zero attached hydrogens (tertiary/aromatic N) is 3. The van der Waals surface area contributed by atoms with Gasteiger partial charge in [0.1, 0.15) is 0 Å². The number of carboxylic acid groups (broad SMARTS) is 1. The summed E-state index contributed by atoms with van der Waals surface area (Å²) in [4.78, 5) is 21.7. The molecule has 0 radical (unpaired) electrons. The van der Waals surface area contributed by atoms with Crippen LogP contribution in [0, 0.1) is 5.92 Å². The van der Waals surface area contributed by atoms with E-state index >= 15 is 0 Å². The van der Waals surface area contributed by atoms with Crippen LogP contribution in [0.4, 0.5) is 5.95 Å². The Balaban J connectivity index is 2.10. The second-order valence-electron chi connectivity index (χ2n) is 4.73. The maximum atomic E-state index is 11.0. The summed E-state index contributed by atoms with van der Waals surface area (Å²) in [7, 11) is 0. The molecule has 2 unspecified atom stereocenters. The number of anilines is 1. The van der Waals surface area contributed by atoms with Crippen molar-refractivity contribution >= 4 is 11.9 Å². The lowest BCUT2D eigenvalue weighted by Crippen LogP contribution is -2.43. The van der Waals surface area contributed by atoms with Crippen LogP contribution < -0.4 is 9.64 Å². The number of hydrogen-bond acceptors (Lipinski definition) is 5. The first kappa shape index (κ1) is 13.6. The zero-order valence-corrected chi connectivity index (χ0v) is 11.2. The molecule has 0 bridgehead atoms. The topological polar surface area (TPSA) is 75.5 Å². The number of rotatable bonds is 4. The Morgan fingerprint density at radius 1 is 1.63 bits per heavy atom. The molecular weight excluding hydrogens is 246 g/mol. The van der Waals surface area contributed by atoms with Gasteiger partial charge < -0.3 is 14.7 Å². The number of carbonyl (C=O) groups is 1. The van der Waals surface area contributed by atoms with Crippen LogP contribution in [0.3, 0.4) is 0 Å². The second-order valence-corrected chi connectivity index (χ2v) is 4.73. The van der Waals surface area contributed by atoms with Gasteiger partial charge in [-0.1, -0.05) is 0 Å². The Kier molecular flexibility index (Phi) is 4.19. The third-order valence-electron chi connectivity index (χ3n) is 3.39. The Bertz CT molecular complexity index is 453. The lowest BCUT2D eigenvalue weighted by molar-refractivity contribution is -0.142. The van der Waals surface area contributed by atoms with E-state index in [1.807, 2.05) is 18.7 Å². The van der Waals surface area contributed by atoms with Crippen LogP contribution in [0.5, 0.6) is 5.88 Å². The molecule has 0 saturated carbocycles. The normalized spacial score (nSPS) is 23.2. The van der Waals surface area contributed by atoms with E-state index < -0.39 is 5.97 Å². The lowest BCUT2D eigenvalue weighted by atomic mass is 9.92. The van der Waals surface area contributed by atoms with Crippen molar-refractivity contribution in [3.05, 3.63) is 12.3 Å². The summed E-state index contributed by atoms with van der Waals surface area (Å²) in [6.45, 7) is 5.13. The minimum atomic E-state index is -0.713. The molecule has 1 saturated heterocycles. The fourth-order valence-electron chi connectivity index (χ4n) is 2.39. The largest absolute Gasteiger partial charge is 0.481 e. The van der Waals surface area contributed by atoms with E-state index in [1.54, 1.807) is 12.3 Å². The van der Waals surface area contributed by atoms with Crippen molar-refractivity contribution in [3.63, 3.8) is 0 Å². The fraction of sp³-hybridized carbons (Fsp3) is 0.615. The van der Waals surface area contributed by atoms with E-state index in [-0.39, 0.29) is 12.0 Å². The average molecular weight is 265 g/mol. The summed E-state index contributed by atoms with van der Waals surface area (Å²) in [6.07, 6.45) is 2.92. The van der Waals surface area contributed by atoms with Crippen LogP contribution in [0.2, 0.25) is 0 Å². The highest BCUT2D eigenvalue weighted by Crippen LogP contribution is 2.26. The number of carboxylic acids is 1. The number of piperidine rings is 1. The molecule has 0 aliphatic carbocycles. The van der Waals surface area contributed by atoms with Gasteiger partial charge in [0.25, 0.3) is 0 Å². The van der Waals surface area contributed by atoms with Crippen molar-refractivity contribution < 1.29 is 14.6 Å². The molecule has 1 fully saturated rings. The van der Waals surface area contributed by atoms with Gasteiger partial charge in [0.2, 0.25) is 11.8 Å². The van der Waals surface area contributed by atoms with Gasteiger partial charge in [-0.2, -0.15) is 4.98 Å². The molecule has 1 aromatic rings. The van der Waals surface area contributed by atoms with Gasteiger partial charge in [0.15, 0.2) is 0 Å².